The minimum absolute atomic E-state index is 0.145. The van der Waals surface area contributed by atoms with Crippen LogP contribution in [0.5, 0.6) is 0 Å². The number of hydrogen-bond donors (Lipinski definition) is 3. The number of urea groups is 1. The SMILES string of the molecule is CCC(CC)n1ncc(C)c1NC(=O)CC[C@H]1NC(=O)NC1=O. The number of hydrogen-bond acceptors (Lipinski definition) is 4. The van der Waals surface area contributed by atoms with Crippen molar-refractivity contribution in [2.75, 3.05) is 5.32 Å². The monoisotopic (exact) mass is 321 g/mol. The summed E-state index contributed by atoms with van der Waals surface area (Å²) in [4.78, 5) is 34.7. The summed E-state index contributed by atoms with van der Waals surface area (Å²) in [5.41, 5.74) is 0.900. The first-order chi connectivity index (χ1) is 11.0. The average molecular weight is 321 g/mol. The van der Waals surface area contributed by atoms with E-state index in [9.17, 15) is 14.4 Å². The summed E-state index contributed by atoms with van der Waals surface area (Å²) in [5.74, 6) is 0.111. The Hall–Kier alpha value is -2.38. The second-order valence-electron chi connectivity index (χ2n) is 5.69. The second-order valence-corrected chi connectivity index (χ2v) is 5.69. The van der Waals surface area contributed by atoms with Crippen LogP contribution in [-0.2, 0) is 9.59 Å². The Morgan fingerprint density at radius 1 is 1.39 bits per heavy atom. The predicted octanol–water partition coefficient (Wildman–Crippen LogP) is 1.48. The van der Waals surface area contributed by atoms with Crippen LogP contribution in [0.2, 0.25) is 0 Å². The van der Waals surface area contributed by atoms with Crippen molar-refractivity contribution in [1.82, 2.24) is 20.4 Å². The van der Waals surface area contributed by atoms with Crippen molar-refractivity contribution in [3.63, 3.8) is 0 Å². The number of imide groups is 1. The zero-order valence-corrected chi connectivity index (χ0v) is 13.7. The first-order valence-corrected chi connectivity index (χ1v) is 7.91. The highest BCUT2D eigenvalue weighted by Gasteiger charge is 2.29. The molecule has 0 aromatic carbocycles. The Kier molecular flexibility index (Phi) is 5.36. The van der Waals surface area contributed by atoms with Crippen LogP contribution in [0.3, 0.4) is 0 Å². The lowest BCUT2D eigenvalue weighted by molar-refractivity contribution is -0.120. The van der Waals surface area contributed by atoms with E-state index >= 15 is 0 Å². The fourth-order valence-electron chi connectivity index (χ4n) is 2.65. The van der Waals surface area contributed by atoms with Crippen LogP contribution < -0.4 is 16.0 Å². The molecule has 0 radical (unpaired) electrons. The van der Waals surface area contributed by atoms with Crippen LogP contribution in [-0.4, -0.2) is 33.7 Å². The van der Waals surface area contributed by atoms with Gasteiger partial charge in [0.15, 0.2) is 0 Å². The fraction of sp³-hybridized carbons (Fsp3) is 0.600. The van der Waals surface area contributed by atoms with Gasteiger partial charge in [-0.05, 0) is 26.2 Å². The standard InChI is InChI=1S/C15H23N5O3/c1-4-10(5-2)20-13(9(3)8-16-20)18-12(21)7-6-11-14(22)19-15(23)17-11/h8,10-11H,4-7H2,1-3H3,(H,18,21)(H2,17,19,22,23)/t11-/m1/s1. The van der Waals surface area contributed by atoms with Gasteiger partial charge in [0.2, 0.25) is 5.91 Å². The van der Waals surface area contributed by atoms with Gasteiger partial charge in [0.1, 0.15) is 11.9 Å². The molecule has 8 heteroatoms. The summed E-state index contributed by atoms with van der Waals surface area (Å²) in [6, 6.07) is -0.916. The minimum Gasteiger partial charge on any atom is -0.326 e. The summed E-state index contributed by atoms with van der Waals surface area (Å²) in [7, 11) is 0. The lowest BCUT2D eigenvalue weighted by Crippen LogP contribution is -2.30. The number of aromatic nitrogens is 2. The number of amides is 4. The predicted molar refractivity (Wildman–Crippen MR) is 84.9 cm³/mol. The molecule has 1 saturated heterocycles. The molecule has 0 bridgehead atoms. The highest BCUT2D eigenvalue weighted by atomic mass is 16.2. The molecule has 1 fully saturated rings. The number of nitrogens with zero attached hydrogens (tertiary/aromatic N) is 2. The van der Waals surface area contributed by atoms with E-state index in [1.165, 1.54) is 0 Å². The average Bonchev–Trinajstić information content (AvgIpc) is 3.02. The van der Waals surface area contributed by atoms with Gasteiger partial charge in [-0.15, -0.1) is 0 Å². The lowest BCUT2D eigenvalue weighted by atomic mass is 10.1. The molecule has 0 spiro atoms. The topological polar surface area (TPSA) is 105 Å². The fourth-order valence-corrected chi connectivity index (χ4v) is 2.65. The number of carbonyl (C=O) groups excluding carboxylic acids is 3. The van der Waals surface area contributed by atoms with Crippen LogP contribution in [0.25, 0.3) is 0 Å². The van der Waals surface area contributed by atoms with E-state index in [1.807, 2.05) is 11.6 Å². The molecule has 1 atom stereocenters. The first kappa shape index (κ1) is 17.0. The normalized spacial score (nSPS) is 17.3. The highest BCUT2D eigenvalue weighted by molar-refractivity contribution is 6.04. The third-order valence-corrected chi connectivity index (χ3v) is 4.04. The molecule has 0 saturated carbocycles. The van der Waals surface area contributed by atoms with Crippen LogP contribution in [0.15, 0.2) is 6.20 Å². The molecule has 1 aromatic rings. The van der Waals surface area contributed by atoms with E-state index < -0.39 is 12.1 Å². The molecule has 4 amide bonds. The van der Waals surface area contributed by atoms with Gasteiger partial charge in [0, 0.05) is 12.0 Å². The second kappa shape index (κ2) is 7.26. The molecule has 1 aromatic heterocycles. The van der Waals surface area contributed by atoms with Crippen molar-refractivity contribution in [3.8, 4) is 0 Å². The van der Waals surface area contributed by atoms with Crippen molar-refractivity contribution >= 4 is 23.7 Å². The summed E-state index contributed by atoms with van der Waals surface area (Å²) >= 11 is 0. The molecule has 8 nitrogen and oxygen atoms in total. The summed E-state index contributed by atoms with van der Waals surface area (Å²) < 4.78 is 1.84. The molecule has 1 aliphatic rings. The Labute approximate surface area is 135 Å². The number of nitrogens with one attached hydrogen (secondary N) is 3. The third kappa shape index (κ3) is 3.88. The molecule has 0 aliphatic carbocycles. The molecule has 0 unspecified atom stereocenters. The zero-order chi connectivity index (χ0) is 17.0. The van der Waals surface area contributed by atoms with Gasteiger partial charge in [-0.1, -0.05) is 13.8 Å². The van der Waals surface area contributed by atoms with Gasteiger partial charge in [-0.25, -0.2) is 9.48 Å². The molecule has 2 rings (SSSR count). The lowest BCUT2D eigenvalue weighted by Gasteiger charge is -2.18. The minimum atomic E-state index is -0.640. The maximum Gasteiger partial charge on any atom is 0.322 e. The molecule has 1 aliphatic heterocycles. The zero-order valence-electron chi connectivity index (χ0n) is 13.7. The van der Waals surface area contributed by atoms with E-state index in [4.69, 9.17) is 0 Å². The maximum absolute atomic E-state index is 12.2. The molecule has 23 heavy (non-hydrogen) atoms. The Morgan fingerprint density at radius 2 is 2.09 bits per heavy atom. The van der Waals surface area contributed by atoms with Gasteiger partial charge in [0.05, 0.1) is 12.2 Å². The van der Waals surface area contributed by atoms with Gasteiger partial charge in [-0.3, -0.25) is 14.9 Å². The van der Waals surface area contributed by atoms with Crippen molar-refractivity contribution in [1.29, 1.82) is 0 Å². The maximum atomic E-state index is 12.2. The van der Waals surface area contributed by atoms with Crippen LogP contribution in [0.1, 0.15) is 51.1 Å². The van der Waals surface area contributed by atoms with Crippen molar-refractivity contribution < 1.29 is 14.4 Å². The highest BCUT2D eigenvalue weighted by Crippen LogP contribution is 2.23. The summed E-state index contributed by atoms with van der Waals surface area (Å²) in [6.07, 6.45) is 4.00. The Morgan fingerprint density at radius 3 is 2.65 bits per heavy atom. The van der Waals surface area contributed by atoms with Crippen LogP contribution >= 0.6 is 0 Å². The summed E-state index contributed by atoms with van der Waals surface area (Å²) in [5, 5.41) is 11.9. The van der Waals surface area contributed by atoms with Crippen molar-refractivity contribution in [2.45, 2.75) is 58.5 Å². The van der Waals surface area contributed by atoms with E-state index in [2.05, 4.69) is 34.9 Å². The molecular formula is C15H23N5O3. The van der Waals surface area contributed by atoms with Gasteiger partial charge in [0.25, 0.3) is 5.91 Å². The Bertz CT molecular complexity index is 606. The number of carbonyl (C=O) groups is 3. The molecule has 3 N–H and O–H groups in total. The van der Waals surface area contributed by atoms with E-state index in [0.717, 1.165) is 18.4 Å². The number of aryl methyl sites for hydroxylation is 1. The van der Waals surface area contributed by atoms with Crippen molar-refractivity contribution in [2.24, 2.45) is 0 Å². The van der Waals surface area contributed by atoms with Gasteiger partial charge >= 0.3 is 6.03 Å². The van der Waals surface area contributed by atoms with E-state index in [1.54, 1.807) is 6.20 Å². The summed E-state index contributed by atoms with van der Waals surface area (Å²) in [6.45, 7) is 6.06. The molecule has 2 heterocycles. The smallest absolute Gasteiger partial charge is 0.322 e. The number of anilines is 1. The van der Waals surface area contributed by atoms with E-state index in [0.29, 0.717) is 5.82 Å². The largest absolute Gasteiger partial charge is 0.326 e. The Balaban J connectivity index is 1.96. The quantitative estimate of drug-likeness (QED) is 0.661. The van der Waals surface area contributed by atoms with Gasteiger partial charge in [-0.2, -0.15) is 5.10 Å². The van der Waals surface area contributed by atoms with Crippen LogP contribution in [0, 0.1) is 6.92 Å². The third-order valence-electron chi connectivity index (χ3n) is 4.04. The van der Waals surface area contributed by atoms with Gasteiger partial charge < -0.3 is 10.6 Å². The van der Waals surface area contributed by atoms with Crippen molar-refractivity contribution in [3.05, 3.63) is 11.8 Å². The molecular weight excluding hydrogens is 298 g/mol. The number of rotatable bonds is 7. The van der Waals surface area contributed by atoms with E-state index in [-0.39, 0.29) is 30.7 Å². The first-order valence-electron chi connectivity index (χ1n) is 7.91. The molecule has 126 valence electrons. The van der Waals surface area contributed by atoms with Crippen LogP contribution in [0.4, 0.5) is 10.6 Å².